The van der Waals surface area contributed by atoms with Crippen molar-refractivity contribution in [2.75, 3.05) is 20.1 Å². The van der Waals surface area contributed by atoms with E-state index in [2.05, 4.69) is 9.88 Å². The van der Waals surface area contributed by atoms with Gasteiger partial charge in [0, 0.05) is 12.1 Å². The minimum Gasteiger partial charge on any atom is -0.444 e. The van der Waals surface area contributed by atoms with Gasteiger partial charge in [0.25, 0.3) is 0 Å². The standard InChI is InChI=1S/C14H18FN3O/c1-18(8-2-7-16)9-13-10-19-14(17-13)11-3-5-12(15)6-4-11/h3-6,10H,2,7-9,16H2,1H3. The second-order valence-corrected chi connectivity index (χ2v) is 4.53. The van der Waals surface area contributed by atoms with Crippen LogP contribution in [0.2, 0.25) is 0 Å². The topological polar surface area (TPSA) is 55.3 Å². The van der Waals surface area contributed by atoms with Crippen LogP contribution >= 0.6 is 0 Å². The lowest BCUT2D eigenvalue weighted by Crippen LogP contribution is -2.21. The summed E-state index contributed by atoms with van der Waals surface area (Å²) in [6.45, 7) is 2.32. The molecule has 0 fully saturated rings. The van der Waals surface area contributed by atoms with Crippen LogP contribution in [-0.4, -0.2) is 30.0 Å². The molecule has 0 aliphatic rings. The molecule has 0 saturated heterocycles. The minimum absolute atomic E-state index is 0.267. The lowest BCUT2D eigenvalue weighted by atomic mass is 10.2. The van der Waals surface area contributed by atoms with Gasteiger partial charge in [0.1, 0.15) is 12.1 Å². The Labute approximate surface area is 112 Å². The fourth-order valence-corrected chi connectivity index (χ4v) is 1.82. The van der Waals surface area contributed by atoms with Gasteiger partial charge < -0.3 is 15.1 Å². The zero-order valence-corrected chi connectivity index (χ0v) is 11.0. The summed E-state index contributed by atoms with van der Waals surface area (Å²) in [7, 11) is 2.02. The van der Waals surface area contributed by atoms with Crippen LogP contribution in [0.4, 0.5) is 4.39 Å². The van der Waals surface area contributed by atoms with Gasteiger partial charge in [-0.15, -0.1) is 0 Å². The van der Waals surface area contributed by atoms with Crippen molar-refractivity contribution in [2.24, 2.45) is 5.73 Å². The Morgan fingerprint density at radius 2 is 2.05 bits per heavy atom. The average Bonchev–Trinajstić information content (AvgIpc) is 2.85. The molecule has 102 valence electrons. The number of aromatic nitrogens is 1. The van der Waals surface area contributed by atoms with Gasteiger partial charge in [0.2, 0.25) is 5.89 Å². The number of nitrogens with zero attached hydrogens (tertiary/aromatic N) is 2. The maximum atomic E-state index is 12.8. The van der Waals surface area contributed by atoms with Gasteiger partial charge in [-0.25, -0.2) is 9.37 Å². The largest absolute Gasteiger partial charge is 0.444 e. The van der Waals surface area contributed by atoms with Crippen molar-refractivity contribution >= 4 is 0 Å². The van der Waals surface area contributed by atoms with Crippen LogP contribution < -0.4 is 5.73 Å². The number of hydrogen-bond donors (Lipinski definition) is 1. The van der Waals surface area contributed by atoms with Crippen molar-refractivity contribution in [3.8, 4) is 11.5 Å². The first-order valence-corrected chi connectivity index (χ1v) is 6.28. The number of hydrogen-bond acceptors (Lipinski definition) is 4. The zero-order chi connectivity index (χ0) is 13.7. The first-order chi connectivity index (χ1) is 9.19. The van der Waals surface area contributed by atoms with Crippen LogP contribution in [0.1, 0.15) is 12.1 Å². The molecule has 0 bridgehead atoms. The Kier molecular flexibility index (Phi) is 4.65. The number of nitrogens with two attached hydrogens (primary N) is 1. The van der Waals surface area contributed by atoms with Crippen LogP contribution in [0.5, 0.6) is 0 Å². The highest BCUT2D eigenvalue weighted by molar-refractivity contribution is 5.52. The first kappa shape index (κ1) is 13.7. The van der Waals surface area contributed by atoms with Gasteiger partial charge in [-0.05, 0) is 50.8 Å². The van der Waals surface area contributed by atoms with Crippen LogP contribution in [0.15, 0.2) is 34.9 Å². The Bertz CT molecular complexity index is 510. The summed E-state index contributed by atoms with van der Waals surface area (Å²) < 4.78 is 18.2. The fourth-order valence-electron chi connectivity index (χ4n) is 1.82. The molecular formula is C14H18FN3O. The van der Waals surface area contributed by atoms with Gasteiger partial charge in [-0.3, -0.25) is 0 Å². The highest BCUT2D eigenvalue weighted by Crippen LogP contribution is 2.19. The second kappa shape index (κ2) is 6.45. The Morgan fingerprint density at radius 3 is 2.74 bits per heavy atom. The third kappa shape index (κ3) is 3.87. The van der Waals surface area contributed by atoms with Crippen molar-refractivity contribution in [1.82, 2.24) is 9.88 Å². The molecule has 1 aromatic heterocycles. The maximum absolute atomic E-state index is 12.8. The summed E-state index contributed by atoms with van der Waals surface area (Å²) >= 11 is 0. The number of rotatable bonds is 6. The van der Waals surface area contributed by atoms with E-state index in [4.69, 9.17) is 10.2 Å². The monoisotopic (exact) mass is 263 g/mol. The van der Waals surface area contributed by atoms with Gasteiger partial charge in [-0.1, -0.05) is 0 Å². The molecule has 0 spiro atoms. The summed E-state index contributed by atoms with van der Waals surface area (Å²) in [5.74, 6) is 0.249. The molecule has 0 radical (unpaired) electrons. The smallest absolute Gasteiger partial charge is 0.226 e. The Balaban J connectivity index is 2.00. The van der Waals surface area contributed by atoms with Crippen molar-refractivity contribution in [2.45, 2.75) is 13.0 Å². The molecule has 0 amide bonds. The van der Waals surface area contributed by atoms with Gasteiger partial charge in [0.05, 0.1) is 5.69 Å². The molecule has 5 heteroatoms. The van der Waals surface area contributed by atoms with Crippen LogP contribution in [-0.2, 0) is 6.54 Å². The average molecular weight is 263 g/mol. The number of halogens is 1. The molecule has 19 heavy (non-hydrogen) atoms. The van der Waals surface area contributed by atoms with Crippen LogP contribution in [0, 0.1) is 5.82 Å². The van der Waals surface area contributed by atoms with Crippen molar-refractivity contribution < 1.29 is 8.81 Å². The predicted molar refractivity (Wildman–Crippen MR) is 71.9 cm³/mol. The van der Waals surface area contributed by atoms with Crippen molar-refractivity contribution in [3.05, 3.63) is 42.0 Å². The molecule has 2 N–H and O–H groups in total. The molecule has 0 unspecified atom stereocenters. The van der Waals surface area contributed by atoms with E-state index in [0.717, 1.165) is 24.2 Å². The third-order valence-corrected chi connectivity index (χ3v) is 2.82. The Morgan fingerprint density at radius 1 is 1.32 bits per heavy atom. The van der Waals surface area contributed by atoms with E-state index < -0.39 is 0 Å². The molecule has 2 rings (SSSR count). The third-order valence-electron chi connectivity index (χ3n) is 2.82. The quantitative estimate of drug-likeness (QED) is 0.868. The zero-order valence-electron chi connectivity index (χ0n) is 11.0. The summed E-state index contributed by atoms with van der Waals surface area (Å²) in [5, 5.41) is 0. The highest BCUT2D eigenvalue weighted by atomic mass is 19.1. The summed E-state index contributed by atoms with van der Waals surface area (Å²) in [6, 6.07) is 6.10. The molecule has 4 nitrogen and oxygen atoms in total. The predicted octanol–water partition coefficient (Wildman–Crippen LogP) is 2.26. The van der Waals surface area contributed by atoms with Crippen molar-refractivity contribution in [1.29, 1.82) is 0 Å². The van der Waals surface area contributed by atoms with Gasteiger partial charge in [-0.2, -0.15) is 0 Å². The number of benzene rings is 1. The summed E-state index contributed by atoms with van der Waals surface area (Å²) in [5.41, 5.74) is 7.11. The molecule has 1 heterocycles. The van der Waals surface area contributed by atoms with E-state index in [0.29, 0.717) is 19.0 Å². The Hall–Kier alpha value is -1.72. The number of oxazole rings is 1. The molecule has 0 aliphatic carbocycles. The lowest BCUT2D eigenvalue weighted by molar-refractivity contribution is 0.320. The van der Waals surface area contributed by atoms with E-state index in [1.807, 2.05) is 7.05 Å². The molecule has 1 aromatic carbocycles. The highest BCUT2D eigenvalue weighted by Gasteiger charge is 2.08. The summed E-state index contributed by atoms with van der Waals surface area (Å²) in [4.78, 5) is 6.53. The van der Waals surface area contributed by atoms with E-state index in [9.17, 15) is 4.39 Å². The van der Waals surface area contributed by atoms with E-state index in [1.165, 1.54) is 12.1 Å². The van der Waals surface area contributed by atoms with E-state index in [1.54, 1.807) is 18.4 Å². The van der Waals surface area contributed by atoms with Crippen LogP contribution in [0.25, 0.3) is 11.5 Å². The van der Waals surface area contributed by atoms with E-state index in [-0.39, 0.29) is 5.82 Å². The van der Waals surface area contributed by atoms with Crippen LogP contribution in [0.3, 0.4) is 0 Å². The molecular weight excluding hydrogens is 245 g/mol. The molecule has 0 aliphatic heterocycles. The SMILES string of the molecule is CN(CCCN)Cc1coc(-c2ccc(F)cc2)n1. The maximum Gasteiger partial charge on any atom is 0.226 e. The normalized spacial score (nSPS) is 11.2. The fraction of sp³-hybridized carbons (Fsp3) is 0.357. The lowest BCUT2D eigenvalue weighted by Gasteiger charge is -2.13. The van der Waals surface area contributed by atoms with Gasteiger partial charge >= 0.3 is 0 Å². The molecule has 0 saturated carbocycles. The van der Waals surface area contributed by atoms with E-state index >= 15 is 0 Å². The van der Waals surface area contributed by atoms with Crippen molar-refractivity contribution in [3.63, 3.8) is 0 Å². The molecule has 2 aromatic rings. The summed E-state index contributed by atoms with van der Waals surface area (Å²) in [6.07, 6.45) is 2.59. The molecule has 0 atom stereocenters. The first-order valence-electron chi connectivity index (χ1n) is 6.28. The minimum atomic E-state index is -0.267. The second-order valence-electron chi connectivity index (χ2n) is 4.53. The van der Waals surface area contributed by atoms with Gasteiger partial charge in [0.15, 0.2) is 0 Å².